The Kier molecular flexibility index (Phi) is 2.47. The Labute approximate surface area is 107 Å². The molecule has 0 aromatic heterocycles. The fourth-order valence-electron chi connectivity index (χ4n) is 4.76. The van der Waals surface area contributed by atoms with Gasteiger partial charge in [0.1, 0.15) is 6.07 Å². The van der Waals surface area contributed by atoms with Crippen LogP contribution in [-0.4, -0.2) is 22.8 Å². The van der Waals surface area contributed by atoms with Gasteiger partial charge in [0.15, 0.2) is 6.10 Å². The minimum atomic E-state index is -0.694. The molecule has 0 aromatic rings. The van der Waals surface area contributed by atoms with Crippen LogP contribution in [0.4, 0.5) is 0 Å². The number of nitriles is 1. The van der Waals surface area contributed by atoms with Gasteiger partial charge in [0.25, 0.3) is 0 Å². The van der Waals surface area contributed by atoms with Crippen LogP contribution in [0.5, 0.6) is 0 Å². The topological polar surface area (TPSA) is 70.3 Å². The zero-order valence-electron chi connectivity index (χ0n) is 10.7. The number of ether oxygens (including phenoxy) is 1. The standard InChI is InChI=1S/C14H19NO3/c1-9(7-15)18-12(16)13-3-10-2-11(4-13)6-14(17,5-10)8-13/h9-11,17H,2-6,8H2,1H3/t9-,10-,11+,13?,14?/m0/s1. The summed E-state index contributed by atoms with van der Waals surface area (Å²) >= 11 is 0. The molecule has 0 heterocycles. The lowest BCUT2D eigenvalue weighted by molar-refractivity contribution is -0.197. The number of aliphatic hydroxyl groups is 1. The molecule has 18 heavy (non-hydrogen) atoms. The predicted octanol–water partition coefficient (Wildman–Crippen LogP) is 1.77. The van der Waals surface area contributed by atoms with Crippen molar-refractivity contribution in [1.82, 2.24) is 0 Å². The van der Waals surface area contributed by atoms with Crippen LogP contribution in [0, 0.1) is 28.6 Å². The first-order valence-corrected chi connectivity index (χ1v) is 6.78. The molecule has 4 saturated carbocycles. The SMILES string of the molecule is C[C@@H](C#N)OC(=O)C12C[C@@H]3C[C@@H](CC(O)(C3)C1)C2. The molecule has 0 aromatic carbocycles. The molecule has 4 bridgehead atoms. The molecule has 0 spiro atoms. The highest BCUT2D eigenvalue weighted by atomic mass is 16.5. The van der Waals surface area contributed by atoms with Crippen molar-refractivity contribution < 1.29 is 14.6 Å². The van der Waals surface area contributed by atoms with Gasteiger partial charge in [0, 0.05) is 0 Å². The zero-order chi connectivity index (χ0) is 13.0. The van der Waals surface area contributed by atoms with E-state index in [1.165, 1.54) is 0 Å². The average molecular weight is 249 g/mol. The number of carbonyl (C=O) groups is 1. The van der Waals surface area contributed by atoms with E-state index in [9.17, 15) is 9.90 Å². The van der Waals surface area contributed by atoms with E-state index in [0.717, 1.165) is 32.1 Å². The Morgan fingerprint density at radius 1 is 1.39 bits per heavy atom. The third kappa shape index (κ3) is 1.73. The number of hydrogen-bond donors (Lipinski definition) is 1. The first kappa shape index (κ1) is 12.0. The molecule has 0 amide bonds. The van der Waals surface area contributed by atoms with Gasteiger partial charge in [-0.1, -0.05) is 0 Å². The van der Waals surface area contributed by atoms with Gasteiger partial charge in [0.05, 0.1) is 11.0 Å². The summed E-state index contributed by atoms with van der Waals surface area (Å²) in [5.74, 6) is 0.659. The number of nitrogens with zero attached hydrogens (tertiary/aromatic N) is 1. The van der Waals surface area contributed by atoms with E-state index in [4.69, 9.17) is 10.00 Å². The van der Waals surface area contributed by atoms with Crippen molar-refractivity contribution >= 4 is 5.97 Å². The van der Waals surface area contributed by atoms with Crippen LogP contribution in [0.1, 0.15) is 45.4 Å². The molecule has 98 valence electrons. The minimum Gasteiger partial charge on any atom is -0.447 e. The lowest BCUT2D eigenvalue weighted by Gasteiger charge is -2.58. The van der Waals surface area contributed by atoms with E-state index in [-0.39, 0.29) is 5.97 Å². The Balaban J connectivity index is 1.83. The molecule has 4 aliphatic carbocycles. The van der Waals surface area contributed by atoms with Crippen LogP contribution in [0.3, 0.4) is 0 Å². The molecule has 4 rings (SSSR count). The lowest BCUT2D eigenvalue weighted by atomic mass is 9.48. The molecule has 2 unspecified atom stereocenters. The zero-order valence-corrected chi connectivity index (χ0v) is 10.7. The Hall–Kier alpha value is -1.08. The summed E-state index contributed by atoms with van der Waals surface area (Å²) < 4.78 is 5.22. The van der Waals surface area contributed by atoms with Crippen LogP contribution in [0.2, 0.25) is 0 Å². The third-order valence-electron chi connectivity index (χ3n) is 4.93. The Morgan fingerprint density at radius 3 is 2.50 bits per heavy atom. The van der Waals surface area contributed by atoms with Gasteiger partial charge in [-0.25, -0.2) is 0 Å². The second-order valence-corrected chi connectivity index (χ2v) is 6.64. The highest BCUT2D eigenvalue weighted by molar-refractivity contribution is 5.78. The maximum Gasteiger partial charge on any atom is 0.313 e. The maximum absolute atomic E-state index is 12.3. The molecule has 0 aliphatic heterocycles. The van der Waals surface area contributed by atoms with Crippen molar-refractivity contribution in [1.29, 1.82) is 5.26 Å². The Bertz CT molecular complexity index is 411. The smallest absolute Gasteiger partial charge is 0.313 e. The summed E-state index contributed by atoms with van der Waals surface area (Å²) in [5, 5.41) is 19.3. The Morgan fingerprint density at radius 2 is 2.00 bits per heavy atom. The third-order valence-corrected chi connectivity index (χ3v) is 4.93. The van der Waals surface area contributed by atoms with Crippen molar-refractivity contribution in [2.75, 3.05) is 0 Å². The van der Waals surface area contributed by atoms with Gasteiger partial charge in [-0.05, 0) is 57.3 Å². The largest absolute Gasteiger partial charge is 0.447 e. The van der Waals surface area contributed by atoms with Crippen LogP contribution in [0.25, 0.3) is 0 Å². The minimum absolute atomic E-state index is 0.260. The molecule has 1 N–H and O–H groups in total. The maximum atomic E-state index is 12.3. The summed E-state index contributed by atoms with van der Waals surface area (Å²) in [6, 6.07) is 1.93. The number of esters is 1. The summed E-state index contributed by atoms with van der Waals surface area (Å²) in [4.78, 5) is 12.3. The first-order chi connectivity index (χ1) is 8.45. The van der Waals surface area contributed by atoms with Gasteiger partial charge in [-0.2, -0.15) is 5.26 Å². The van der Waals surface area contributed by atoms with Crippen LogP contribution < -0.4 is 0 Å². The molecule has 0 radical (unpaired) electrons. The molecule has 4 nitrogen and oxygen atoms in total. The number of hydrogen-bond acceptors (Lipinski definition) is 4. The molecular formula is C14H19NO3. The van der Waals surface area contributed by atoms with Gasteiger partial charge in [-0.3, -0.25) is 4.79 Å². The molecule has 5 atom stereocenters. The van der Waals surface area contributed by atoms with Crippen molar-refractivity contribution in [3.8, 4) is 6.07 Å². The molecule has 4 heteroatoms. The second-order valence-electron chi connectivity index (χ2n) is 6.64. The summed E-state index contributed by atoms with van der Waals surface area (Å²) in [5.41, 5.74) is -1.16. The van der Waals surface area contributed by atoms with E-state index in [1.54, 1.807) is 6.92 Å². The van der Waals surface area contributed by atoms with E-state index in [2.05, 4.69) is 0 Å². The van der Waals surface area contributed by atoms with Gasteiger partial charge < -0.3 is 9.84 Å². The summed E-state index contributed by atoms with van der Waals surface area (Å²) in [6.07, 6.45) is 4.33. The monoisotopic (exact) mass is 249 g/mol. The molecule has 4 fully saturated rings. The molecule has 4 aliphatic rings. The predicted molar refractivity (Wildman–Crippen MR) is 63.2 cm³/mol. The highest BCUT2D eigenvalue weighted by Crippen LogP contribution is 2.62. The van der Waals surface area contributed by atoms with Crippen LogP contribution in [-0.2, 0) is 9.53 Å². The van der Waals surface area contributed by atoms with Gasteiger partial charge >= 0.3 is 5.97 Å². The summed E-state index contributed by atoms with van der Waals surface area (Å²) in [6.45, 7) is 1.59. The fourth-order valence-corrected chi connectivity index (χ4v) is 4.76. The average Bonchev–Trinajstić information content (AvgIpc) is 2.25. The van der Waals surface area contributed by atoms with E-state index in [0.29, 0.717) is 18.3 Å². The fraction of sp³-hybridized carbons (Fsp3) is 0.857. The van der Waals surface area contributed by atoms with Crippen molar-refractivity contribution in [2.45, 2.75) is 57.2 Å². The van der Waals surface area contributed by atoms with E-state index >= 15 is 0 Å². The molecular weight excluding hydrogens is 230 g/mol. The van der Waals surface area contributed by atoms with E-state index < -0.39 is 17.1 Å². The summed E-state index contributed by atoms with van der Waals surface area (Å²) in [7, 11) is 0. The van der Waals surface area contributed by atoms with Crippen molar-refractivity contribution in [3.63, 3.8) is 0 Å². The number of rotatable bonds is 2. The number of carbonyl (C=O) groups excluding carboxylic acids is 1. The van der Waals surface area contributed by atoms with Crippen LogP contribution >= 0.6 is 0 Å². The highest BCUT2D eigenvalue weighted by Gasteiger charge is 2.61. The van der Waals surface area contributed by atoms with E-state index in [1.807, 2.05) is 6.07 Å². The normalized spacial score (nSPS) is 46.5. The van der Waals surface area contributed by atoms with Crippen molar-refractivity contribution in [3.05, 3.63) is 0 Å². The molecule has 0 saturated heterocycles. The van der Waals surface area contributed by atoms with Gasteiger partial charge in [-0.15, -0.1) is 0 Å². The van der Waals surface area contributed by atoms with Crippen molar-refractivity contribution in [2.24, 2.45) is 17.3 Å². The lowest BCUT2D eigenvalue weighted by Crippen LogP contribution is -2.58. The second kappa shape index (κ2) is 3.71. The van der Waals surface area contributed by atoms with Crippen LogP contribution in [0.15, 0.2) is 0 Å². The quantitative estimate of drug-likeness (QED) is 0.757. The first-order valence-electron chi connectivity index (χ1n) is 6.78. The van der Waals surface area contributed by atoms with Gasteiger partial charge in [0.2, 0.25) is 0 Å².